The van der Waals surface area contributed by atoms with E-state index in [9.17, 15) is 14.0 Å². The van der Waals surface area contributed by atoms with Crippen molar-refractivity contribution in [2.45, 2.75) is 0 Å². The number of hydrogen-bond donors (Lipinski definition) is 2. The summed E-state index contributed by atoms with van der Waals surface area (Å²) in [6.45, 7) is 0. The number of halogens is 1. The summed E-state index contributed by atoms with van der Waals surface area (Å²) < 4.78 is 13.1. The Labute approximate surface area is 119 Å². The van der Waals surface area contributed by atoms with E-state index in [4.69, 9.17) is 5.11 Å². The number of benzene rings is 1. The SMILES string of the molecule is CN(C(=O)Nc1ccc(C(=O)O)nc1)c1cccc(F)c1. The third-order valence-electron chi connectivity index (χ3n) is 2.73. The molecule has 0 radical (unpaired) electrons. The number of pyridine rings is 1. The number of carbonyl (C=O) groups excluding carboxylic acids is 1. The molecular formula is C14H12FN3O3. The Morgan fingerprint density at radius 1 is 1.29 bits per heavy atom. The Balaban J connectivity index is 2.08. The van der Waals surface area contributed by atoms with Crippen LogP contribution in [0.15, 0.2) is 42.6 Å². The molecule has 2 rings (SSSR count). The van der Waals surface area contributed by atoms with Crippen LogP contribution in [0.2, 0.25) is 0 Å². The van der Waals surface area contributed by atoms with Gasteiger partial charge in [-0.1, -0.05) is 6.07 Å². The minimum atomic E-state index is -1.15. The molecule has 0 saturated carbocycles. The van der Waals surface area contributed by atoms with Gasteiger partial charge in [0.1, 0.15) is 11.5 Å². The number of urea groups is 1. The first kappa shape index (κ1) is 14.4. The fraction of sp³-hybridized carbons (Fsp3) is 0.0714. The number of nitrogens with zero attached hydrogens (tertiary/aromatic N) is 2. The van der Waals surface area contributed by atoms with E-state index in [0.717, 1.165) is 0 Å². The third-order valence-corrected chi connectivity index (χ3v) is 2.73. The summed E-state index contributed by atoms with van der Waals surface area (Å²) >= 11 is 0. The Morgan fingerprint density at radius 3 is 2.62 bits per heavy atom. The van der Waals surface area contributed by atoms with Gasteiger partial charge in [-0.05, 0) is 30.3 Å². The Hall–Kier alpha value is -2.96. The molecule has 0 bridgehead atoms. The van der Waals surface area contributed by atoms with Crippen molar-refractivity contribution in [3.8, 4) is 0 Å². The van der Waals surface area contributed by atoms with Gasteiger partial charge in [0.05, 0.1) is 11.9 Å². The van der Waals surface area contributed by atoms with E-state index in [0.29, 0.717) is 11.4 Å². The number of carboxylic acids is 1. The lowest BCUT2D eigenvalue weighted by Gasteiger charge is -2.18. The molecule has 0 spiro atoms. The summed E-state index contributed by atoms with van der Waals surface area (Å²) in [5.74, 6) is -1.59. The minimum Gasteiger partial charge on any atom is -0.477 e. The highest BCUT2D eigenvalue weighted by Gasteiger charge is 2.12. The van der Waals surface area contributed by atoms with E-state index < -0.39 is 17.8 Å². The molecule has 2 amide bonds. The van der Waals surface area contributed by atoms with Gasteiger partial charge in [0.2, 0.25) is 0 Å². The van der Waals surface area contributed by atoms with Crippen LogP contribution < -0.4 is 10.2 Å². The fourth-order valence-corrected chi connectivity index (χ4v) is 1.60. The van der Waals surface area contributed by atoms with Gasteiger partial charge in [-0.15, -0.1) is 0 Å². The average Bonchev–Trinajstić information content (AvgIpc) is 2.47. The average molecular weight is 289 g/mol. The maximum absolute atomic E-state index is 13.1. The van der Waals surface area contributed by atoms with Gasteiger partial charge in [-0.2, -0.15) is 0 Å². The minimum absolute atomic E-state index is 0.119. The van der Waals surface area contributed by atoms with Gasteiger partial charge in [-0.25, -0.2) is 19.0 Å². The largest absolute Gasteiger partial charge is 0.477 e. The van der Waals surface area contributed by atoms with Gasteiger partial charge in [0, 0.05) is 12.7 Å². The predicted molar refractivity (Wildman–Crippen MR) is 75.0 cm³/mol. The molecule has 0 atom stereocenters. The topological polar surface area (TPSA) is 82.5 Å². The summed E-state index contributed by atoms with van der Waals surface area (Å²) in [6, 6.07) is 7.81. The molecule has 108 valence electrons. The van der Waals surface area contributed by atoms with Gasteiger partial charge in [0.25, 0.3) is 0 Å². The van der Waals surface area contributed by atoms with E-state index in [2.05, 4.69) is 10.3 Å². The number of rotatable bonds is 3. The van der Waals surface area contributed by atoms with E-state index in [1.807, 2.05) is 0 Å². The summed E-state index contributed by atoms with van der Waals surface area (Å²) in [7, 11) is 1.49. The molecule has 1 aromatic carbocycles. The molecule has 0 unspecified atom stereocenters. The summed E-state index contributed by atoms with van der Waals surface area (Å²) in [6.07, 6.45) is 1.24. The van der Waals surface area contributed by atoms with Gasteiger partial charge >= 0.3 is 12.0 Å². The second-order valence-corrected chi connectivity index (χ2v) is 4.21. The van der Waals surface area contributed by atoms with Crippen LogP contribution in [-0.2, 0) is 0 Å². The molecule has 21 heavy (non-hydrogen) atoms. The standard InChI is InChI=1S/C14H12FN3O3/c1-18(11-4-2-3-9(15)7-11)14(21)17-10-5-6-12(13(19)20)16-8-10/h2-8H,1H3,(H,17,21)(H,19,20). The molecule has 0 saturated heterocycles. The number of carboxylic acid groups (broad SMARTS) is 1. The van der Waals surface area contributed by atoms with Gasteiger partial charge in [0.15, 0.2) is 0 Å². The number of anilines is 2. The molecule has 0 fully saturated rings. The van der Waals surface area contributed by atoms with Crippen molar-refractivity contribution in [2.75, 3.05) is 17.3 Å². The fourth-order valence-electron chi connectivity index (χ4n) is 1.60. The van der Waals surface area contributed by atoms with Crippen molar-refractivity contribution in [1.82, 2.24) is 4.98 Å². The van der Waals surface area contributed by atoms with E-state index in [1.54, 1.807) is 6.07 Å². The molecule has 0 aliphatic rings. The van der Waals surface area contributed by atoms with Crippen molar-refractivity contribution in [2.24, 2.45) is 0 Å². The van der Waals surface area contributed by atoms with Crippen LogP contribution in [0.5, 0.6) is 0 Å². The molecule has 0 aliphatic carbocycles. The van der Waals surface area contributed by atoms with E-state index in [-0.39, 0.29) is 5.69 Å². The molecule has 0 aliphatic heterocycles. The van der Waals surface area contributed by atoms with Gasteiger partial charge in [-0.3, -0.25) is 4.90 Å². The molecule has 2 N–H and O–H groups in total. The van der Waals surface area contributed by atoms with Crippen molar-refractivity contribution >= 4 is 23.4 Å². The smallest absolute Gasteiger partial charge is 0.354 e. The van der Waals surface area contributed by atoms with Crippen LogP contribution in [-0.4, -0.2) is 29.1 Å². The number of hydrogen-bond acceptors (Lipinski definition) is 3. The number of nitrogens with one attached hydrogen (secondary N) is 1. The lowest BCUT2D eigenvalue weighted by Crippen LogP contribution is -2.31. The maximum atomic E-state index is 13.1. The van der Waals surface area contributed by atoms with Gasteiger partial charge < -0.3 is 10.4 Å². The lowest BCUT2D eigenvalue weighted by atomic mass is 10.3. The molecule has 2 aromatic rings. The monoisotopic (exact) mass is 289 g/mol. The summed E-state index contributed by atoms with van der Waals surface area (Å²) in [5, 5.41) is 11.3. The first-order chi connectivity index (χ1) is 9.97. The zero-order valence-corrected chi connectivity index (χ0v) is 11.1. The molecule has 7 heteroatoms. The lowest BCUT2D eigenvalue weighted by molar-refractivity contribution is 0.0690. The van der Waals surface area contributed by atoms with Crippen LogP contribution in [0.1, 0.15) is 10.5 Å². The van der Waals surface area contributed by atoms with Crippen LogP contribution in [0, 0.1) is 5.82 Å². The van der Waals surface area contributed by atoms with Crippen molar-refractivity contribution < 1.29 is 19.1 Å². The van der Waals surface area contributed by atoms with E-state index >= 15 is 0 Å². The maximum Gasteiger partial charge on any atom is 0.354 e. The van der Waals surface area contributed by atoms with Crippen LogP contribution in [0.25, 0.3) is 0 Å². The quantitative estimate of drug-likeness (QED) is 0.909. The molecular weight excluding hydrogens is 277 g/mol. The second kappa shape index (κ2) is 6.00. The zero-order valence-electron chi connectivity index (χ0n) is 11.1. The first-order valence-corrected chi connectivity index (χ1v) is 5.97. The van der Waals surface area contributed by atoms with E-state index in [1.165, 1.54) is 48.5 Å². The molecule has 6 nitrogen and oxygen atoms in total. The summed E-state index contributed by atoms with van der Waals surface area (Å²) in [4.78, 5) is 27.6. The van der Waals surface area contributed by atoms with Crippen molar-refractivity contribution in [3.63, 3.8) is 0 Å². The first-order valence-electron chi connectivity index (χ1n) is 5.97. The number of aromatic carboxylic acids is 1. The summed E-state index contributed by atoms with van der Waals surface area (Å²) in [5.41, 5.74) is 0.613. The van der Waals surface area contributed by atoms with Crippen LogP contribution >= 0.6 is 0 Å². The Kier molecular flexibility index (Phi) is 4.13. The third kappa shape index (κ3) is 3.53. The molecule has 1 aromatic heterocycles. The van der Waals surface area contributed by atoms with Crippen molar-refractivity contribution in [1.29, 1.82) is 0 Å². The zero-order chi connectivity index (χ0) is 15.4. The number of carbonyl (C=O) groups is 2. The number of amides is 2. The van der Waals surface area contributed by atoms with Crippen LogP contribution in [0.3, 0.4) is 0 Å². The second-order valence-electron chi connectivity index (χ2n) is 4.21. The highest BCUT2D eigenvalue weighted by Crippen LogP contribution is 2.15. The normalized spacial score (nSPS) is 10.0. The molecule has 1 heterocycles. The van der Waals surface area contributed by atoms with Crippen molar-refractivity contribution in [3.05, 3.63) is 54.1 Å². The van der Waals surface area contributed by atoms with Crippen LogP contribution in [0.4, 0.5) is 20.6 Å². The highest BCUT2D eigenvalue weighted by atomic mass is 19.1. The number of aromatic nitrogens is 1. The highest BCUT2D eigenvalue weighted by molar-refractivity contribution is 6.01. The Bertz CT molecular complexity index is 673. The Morgan fingerprint density at radius 2 is 2.05 bits per heavy atom. The predicted octanol–water partition coefficient (Wildman–Crippen LogP) is 2.59.